The van der Waals surface area contributed by atoms with Gasteiger partial charge in [-0.3, -0.25) is 19.3 Å². The molecule has 6 heteroatoms. The fraction of sp³-hybridized carbons (Fsp3) is 0.438. The van der Waals surface area contributed by atoms with E-state index >= 15 is 0 Å². The number of benzene rings is 1. The molecule has 1 aliphatic heterocycles. The third-order valence-corrected chi connectivity index (χ3v) is 4.45. The zero-order valence-electron chi connectivity index (χ0n) is 12.6. The number of aryl methyl sites for hydroxylation is 1. The second-order valence-electron chi connectivity index (χ2n) is 5.20. The van der Waals surface area contributed by atoms with Crippen LogP contribution in [0.25, 0.3) is 0 Å². The Kier molecular flexibility index (Phi) is 6.00. The number of likely N-dealkylation sites (tertiary alicyclic amines) is 1. The number of thioether (sulfide) groups is 1. The minimum Gasteiger partial charge on any atom is -0.355 e. The van der Waals surface area contributed by atoms with Gasteiger partial charge in [0.15, 0.2) is 0 Å². The van der Waals surface area contributed by atoms with Gasteiger partial charge in [-0.2, -0.15) is 0 Å². The van der Waals surface area contributed by atoms with E-state index in [1.165, 1.54) is 15.4 Å². The van der Waals surface area contributed by atoms with Gasteiger partial charge in [0.2, 0.25) is 17.7 Å². The van der Waals surface area contributed by atoms with Gasteiger partial charge < -0.3 is 5.32 Å². The summed E-state index contributed by atoms with van der Waals surface area (Å²) in [5.41, 5.74) is 1.23. The molecule has 1 N–H and O–H groups in total. The quantitative estimate of drug-likeness (QED) is 0.472. The molecular formula is C16H20N2O3S. The Bertz CT molecular complexity index is 541. The largest absolute Gasteiger partial charge is 0.355 e. The van der Waals surface area contributed by atoms with Crippen LogP contribution in [0.15, 0.2) is 29.2 Å². The molecule has 0 saturated carbocycles. The number of amides is 3. The number of carbonyl (C=O) groups excluding carboxylic acids is 3. The average molecular weight is 320 g/mol. The fourth-order valence-corrected chi connectivity index (χ4v) is 2.94. The van der Waals surface area contributed by atoms with Crippen molar-refractivity contribution in [2.75, 3.05) is 18.8 Å². The van der Waals surface area contributed by atoms with Gasteiger partial charge in [-0.25, -0.2) is 0 Å². The molecule has 0 spiro atoms. The Morgan fingerprint density at radius 1 is 1.18 bits per heavy atom. The zero-order valence-corrected chi connectivity index (χ0v) is 13.4. The van der Waals surface area contributed by atoms with Crippen LogP contribution in [0, 0.1) is 6.92 Å². The van der Waals surface area contributed by atoms with E-state index in [4.69, 9.17) is 0 Å². The minimum atomic E-state index is -0.173. The van der Waals surface area contributed by atoms with Crippen molar-refractivity contribution in [3.05, 3.63) is 29.8 Å². The number of nitrogens with one attached hydrogen (secondary N) is 1. The van der Waals surface area contributed by atoms with Crippen molar-refractivity contribution in [3.8, 4) is 0 Å². The third kappa shape index (κ3) is 4.87. The summed E-state index contributed by atoms with van der Waals surface area (Å²) in [4.78, 5) is 36.9. The second-order valence-corrected chi connectivity index (χ2v) is 6.37. The van der Waals surface area contributed by atoms with Crippen molar-refractivity contribution in [2.45, 2.75) is 31.1 Å². The SMILES string of the molecule is Cc1ccc(SCCNC(=O)CCN2C(=O)CCC2=O)cc1. The van der Waals surface area contributed by atoms with Crippen LogP contribution in [0.5, 0.6) is 0 Å². The average Bonchev–Trinajstić information content (AvgIpc) is 2.82. The lowest BCUT2D eigenvalue weighted by Crippen LogP contribution is -2.34. The van der Waals surface area contributed by atoms with Gasteiger partial charge in [0.1, 0.15) is 0 Å². The lowest BCUT2D eigenvalue weighted by atomic mass is 10.2. The maximum absolute atomic E-state index is 11.7. The molecule has 0 radical (unpaired) electrons. The van der Waals surface area contributed by atoms with Crippen LogP contribution in [-0.4, -0.2) is 41.5 Å². The molecule has 1 fully saturated rings. The maximum Gasteiger partial charge on any atom is 0.229 e. The first-order valence-electron chi connectivity index (χ1n) is 7.35. The van der Waals surface area contributed by atoms with E-state index in [0.29, 0.717) is 6.54 Å². The molecule has 2 rings (SSSR count). The molecule has 5 nitrogen and oxygen atoms in total. The molecule has 0 aromatic heterocycles. The molecule has 22 heavy (non-hydrogen) atoms. The first-order chi connectivity index (χ1) is 10.6. The van der Waals surface area contributed by atoms with Crippen molar-refractivity contribution in [1.82, 2.24) is 10.2 Å². The summed E-state index contributed by atoms with van der Waals surface area (Å²) in [5, 5.41) is 2.81. The van der Waals surface area contributed by atoms with Gasteiger partial charge in [0.25, 0.3) is 0 Å². The number of hydrogen-bond donors (Lipinski definition) is 1. The number of rotatable bonds is 7. The molecule has 1 aromatic carbocycles. The molecule has 1 aromatic rings. The summed E-state index contributed by atoms with van der Waals surface area (Å²) in [7, 11) is 0. The lowest BCUT2D eigenvalue weighted by molar-refractivity contribution is -0.138. The van der Waals surface area contributed by atoms with E-state index in [0.717, 1.165) is 5.75 Å². The Morgan fingerprint density at radius 3 is 2.45 bits per heavy atom. The summed E-state index contributed by atoms with van der Waals surface area (Å²) in [6.45, 7) is 2.80. The zero-order chi connectivity index (χ0) is 15.9. The number of imide groups is 1. The molecule has 118 valence electrons. The predicted octanol–water partition coefficient (Wildman–Crippen LogP) is 1.74. The number of hydrogen-bond acceptors (Lipinski definition) is 4. The van der Waals surface area contributed by atoms with E-state index in [9.17, 15) is 14.4 Å². The Hall–Kier alpha value is -1.82. The normalized spacial score (nSPS) is 14.5. The maximum atomic E-state index is 11.7. The smallest absolute Gasteiger partial charge is 0.229 e. The first-order valence-corrected chi connectivity index (χ1v) is 8.34. The molecule has 1 saturated heterocycles. The van der Waals surface area contributed by atoms with Gasteiger partial charge in [-0.15, -0.1) is 11.8 Å². The highest BCUT2D eigenvalue weighted by Crippen LogP contribution is 2.17. The summed E-state index contributed by atoms with van der Waals surface area (Å²) >= 11 is 1.68. The predicted molar refractivity (Wildman–Crippen MR) is 85.5 cm³/mol. The lowest BCUT2D eigenvalue weighted by Gasteiger charge is -2.13. The van der Waals surface area contributed by atoms with Crippen LogP contribution in [0.2, 0.25) is 0 Å². The van der Waals surface area contributed by atoms with Crippen molar-refractivity contribution in [3.63, 3.8) is 0 Å². The Balaban J connectivity index is 1.60. The third-order valence-electron chi connectivity index (χ3n) is 3.43. The standard InChI is InChI=1S/C16H20N2O3S/c1-12-2-4-13(5-3-12)22-11-9-17-14(19)8-10-18-15(20)6-7-16(18)21/h2-5H,6-11H2,1H3,(H,17,19). The number of nitrogens with zero attached hydrogens (tertiary/aromatic N) is 1. The van der Waals surface area contributed by atoms with Gasteiger partial charge >= 0.3 is 0 Å². The molecule has 0 aliphatic carbocycles. The van der Waals surface area contributed by atoms with Crippen LogP contribution in [0.3, 0.4) is 0 Å². The van der Waals surface area contributed by atoms with Gasteiger partial charge in [0, 0.05) is 43.0 Å². The van der Waals surface area contributed by atoms with Crippen LogP contribution < -0.4 is 5.32 Å². The van der Waals surface area contributed by atoms with Crippen LogP contribution in [-0.2, 0) is 14.4 Å². The topological polar surface area (TPSA) is 66.5 Å². The summed E-state index contributed by atoms with van der Waals surface area (Å²) in [6.07, 6.45) is 0.716. The van der Waals surface area contributed by atoms with E-state index in [-0.39, 0.29) is 43.5 Å². The fourth-order valence-electron chi connectivity index (χ4n) is 2.17. The highest BCUT2D eigenvalue weighted by atomic mass is 32.2. The minimum absolute atomic E-state index is 0.128. The van der Waals surface area contributed by atoms with Gasteiger partial charge in [-0.1, -0.05) is 17.7 Å². The summed E-state index contributed by atoms with van der Waals surface area (Å²) in [6, 6.07) is 8.24. The van der Waals surface area contributed by atoms with Crippen molar-refractivity contribution < 1.29 is 14.4 Å². The highest BCUT2D eigenvalue weighted by Gasteiger charge is 2.28. The van der Waals surface area contributed by atoms with E-state index < -0.39 is 0 Å². The van der Waals surface area contributed by atoms with Crippen molar-refractivity contribution >= 4 is 29.5 Å². The Morgan fingerprint density at radius 2 is 1.82 bits per heavy atom. The Labute approximate surface area is 134 Å². The second kappa shape index (κ2) is 7.98. The van der Waals surface area contributed by atoms with Gasteiger partial charge in [-0.05, 0) is 19.1 Å². The number of carbonyl (C=O) groups is 3. The summed E-state index contributed by atoms with van der Waals surface area (Å²) < 4.78 is 0. The molecule has 3 amide bonds. The van der Waals surface area contributed by atoms with E-state index in [1.54, 1.807) is 11.8 Å². The first kappa shape index (κ1) is 16.5. The van der Waals surface area contributed by atoms with Gasteiger partial charge in [0.05, 0.1) is 0 Å². The molecule has 0 unspecified atom stereocenters. The summed E-state index contributed by atoms with van der Waals surface area (Å²) in [5.74, 6) is 0.313. The molecular weight excluding hydrogens is 300 g/mol. The monoisotopic (exact) mass is 320 g/mol. The molecule has 1 heterocycles. The van der Waals surface area contributed by atoms with Crippen molar-refractivity contribution in [2.24, 2.45) is 0 Å². The molecule has 0 bridgehead atoms. The van der Waals surface area contributed by atoms with Crippen LogP contribution >= 0.6 is 11.8 Å². The van der Waals surface area contributed by atoms with Crippen LogP contribution in [0.4, 0.5) is 0 Å². The van der Waals surface area contributed by atoms with Crippen LogP contribution in [0.1, 0.15) is 24.8 Å². The van der Waals surface area contributed by atoms with E-state index in [2.05, 4.69) is 29.6 Å². The molecule has 0 atom stereocenters. The highest BCUT2D eigenvalue weighted by molar-refractivity contribution is 7.99. The molecule has 1 aliphatic rings. The van der Waals surface area contributed by atoms with Crippen molar-refractivity contribution in [1.29, 1.82) is 0 Å². The van der Waals surface area contributed by atoms with E-state index in [1.807, 2.05) is 6.92 Å².